The zero-order chi connectivity index (χ0) is 43.1. The molecule has 0 radical (unpaired) electrons. The van der Waals surface area contributed by atoms with E-state index in [1.165, 1.54) is 14.8 Å². The fourth-order valence-electron chi connectivity index (χ4n) is 8.64. The van der Waals surface area contributed by atoms with Crippen LogP contribution in [0.3, 0.4) is 0 Å². The molecular formula is C58H36N6S. The first-order valence-electron chi connectivity index (χ1n) is 21.5. The van der Waals surface area contributed by atoms with Crippen LogP contribution in [0.4, 0.5) is 0 Å². The van der Waals surface area contributed by atoms with Gasteiger partial charge in [-0.15, -0.1) is 11.3 Å². The van der Waals surface area contributed by atoms with E-state index in [0.29, 0.717) is 34.9 Å². The lowest BCUT2D eigenvalue weighted by Crippen LogP contribution is -2.02. The Hall–Kier alpha value is -8.52. The van der Waals surface area contributed by atoms with Gasteiger partial charge in [-0.3, -0.25) is 0 Å². The Morgan fingerprint density at radius 3 is 1.34 bits per heavy atom. The highest BCUT2D eigenvalue weighted by molar-refractivity contribution is 7.25. The Morgan fingerprint density at radius 2 is 0.662 bits per heavy atom. The molecule has 0 amide bonds. The van der Waals surface area contributed by atoms with Crippen LogP contribution in [0.1, 0.15) is 0 Å². The molecule has 9 aromatic carbocycles. The monoisotopic (exact) mass is 848 g/mol. The van der Waals surface area contributed by atoms with Crippen LogP contribution in [0.25, 0.3) is 122 Å². The normalized spacial score (nSPS) is 11.4. The van der Waals surface area contributed by atoms with Gasteiger partial charge in [0.2, 0.25) is 0 Å². The van der Waals surface area contributed by atoms with Crippen molar-refractivity contribution in [3.63, 3.8) is 0 Å². The fraction of sp³-hybridized carbons (Fsp3) is 0. The van der Waals surface area contributed by atoms with Gasteiger partial charge in [0, 0.05) is 53.6 Å². The number of fused-ring (bicyclic) bond motifs is 4. The summed E-state index contributed by atoms with van der Waals surface area (Å²) in [5, 5.41) is 4.58. The Morgan fingerprint density at radius 1 is 0.231 bits per heavy atom. The van der Waals surface area contributed by atoms with Crippen LogP contribution >= 0.6 is 11.3 Å². The molecule has 3 heterocycles. The molecule has 304 valence electrons. The maximum absolute atomic E-state index is 5.33. The third-order valence-electron chi connectivity index (χ3n) is 11.8. The van der Waals surface area contributed by atoms with Crippen molar-refractivity contribution in [3.8, 4) is 90.6 Å². The summed E-state index contributed by atoms with van der Waals surface area (Å²) >= 11 is 1.79. The van der Waals surface area contributed by atoms with Crippen molar-refractivity contribution in [1.82, 2.24) is 29.9 Å². The molecule has 12 aromatic rings. The minimum Gasteiger partial charge on any atom is -0.208 e. The van der Waals surface area contributed by atoms with E-state index in [9.17, 15) is 0 Å². The lowest BCUT2D eigenvalue weighted by atomic mass is 9.95. The number of rotatable bonds is 8. The predicted octanol–water partition coefficient (Wildman–Crippen LogP) is 14.9. The fourth-order valence-corrected chi connectivity index (χ4v) is 9.76. The van der Waals surface area contributed by atoms with E-state index in [1.807, 2.05) is 60.7 Å². The van der Waals surface area contributed by atoms with Gasteiger partial charge in [0.1, 0.15) is 0 Å². The van der Waals surface area contributed by atoms with Gasteiger partial charge in [0.25, 0.3) is 0 Å². The zero-order valence-electron chi connectivity index (χ0n) is 34.9. The van der Waals surface area contributed by atoms with Crippen molar-refractivity contribution in [2.45, 2.75) is 0 Å². The SMILES string of the molecule is c1ccc(-c2nc(-c3ccc(-c4cc5sc6ccccc6c5cc4-c4nc(-c5ccccc5)nc(-c5cccc6ccccc56)n4)cc3)nc(-c3ccccc3-c3ccccc3)n2)cc1. The van der Waals surface area contributed by atoms with E-state index in [4.69, 9.17) is 29.9 Å². The van der Waals surface area contributed by atoms with Gasteiger partial charge in [-0.2, -0.15) is 0 Å². The average Bonchev–Trinajstić information content (AvgIpc) is 3.76. The van der Waals surface area contributed by atoms with Crippen molar-refractivity contribution in [2.75, 3.05) is 0 Å². The number of nitrogens with zero attached hydrogens (tertiary/aromatic N) is 6. The van der Waals surface area contributed by atoms with E-state index in [-0.39, 0.29) is 0 Å². The molecule has 12 rings (SSSR count). The summed E-state index contributed by atoms with van der Waals surface area (Å²) in [4.78, 5) is 31.1. The molecule has 0 saturated heterocycles. The third kappa shape index (κ3) is 7.20. The Kier molecular flexibility index (Phi) is 9.58. The number of hydrogen-bond donors (Lipinski definition) is 0. The van der Waals surface area contributed by atoms with E-state index in [1.54, 1.807) is 11.3 Å². The molecule has 0 aliphatic rings. The van der Waals surface area contributed by atoms with Crippen molar-refractivity contribution in [2.24, 2.45) is 0 Å². The molecule has 0 saturated carbocycles. The molecular weight excluding hydrogens is 813 g/mol. The van der Waals surface area contributed by atoms with Gasteiger partial charge in [0.15, 0.2) is 34.9 Å². The number of hydrogen-bond acceptors (Lipinski definition) is 7. The first-order chi connectivity index (χ1) is 32.2. The molecule has 0 bridgehead atoms. The van der Waals surface area contributed by atoms with Crippen molar-refractivity contribution >= 4 is 42.3 Å². The van der Waals surface area contributed by atoms with Gasteiger partial charge < -0.3 is 0 Å². The first-order valence-corrected chi connectivity index (χ1v) is 22.3. The van der Waals surface area contributed by atoms with Gasteiger partial charge in [-0.05, 0) is 51.2 Å². The lowest BCUT2D eigenvalue weighted by molar-refractivity contribution is 1.07. The van der Waals surface area contributed by atoms with Crippen molar-refractivity contribution in [1.29, 1.82) is 0 Å². The first kappa shape index (κ1) is 38.2. The molecule has 0 atom stereocenters. The molecule has 7 heteroatoms. The lowest BCUT2D eigenvalue weighted by Gasteiger charge is -2.14. The summed E-state index contributed by atoms with van der Waals surface area (Å²) < 4.78 is 2.42. The topological polar surface area (TPSA) is 77.3 Å². The highest BCUT2D eigenvalue weighted by Crippen LogP contribution is 2.42. The maximum Gasteiger partial charge on any atom is 0.164 e. The maximum atomic E-state index is 5.33. The number of benzene rings is 9. The summed E-state index contributed by atoms with van der Waals surface area (Å²) in [6, 6.07) is 75.3. The molecule has 0 unspecified atom stereocenters. The molecule has 0 fully saturated rings. The second-order valence-corrected chi connectivity index (χ2v) is 16.9. The quantitative estimate of drug-likeness (QED) is 0.152. The van der Waals surface area contributed by atoms with Crippen LogP contribution in [0.15, 0.2) is 218 Å². The molecule has 6 nitrogen and oxygen atoms in total. The standard InChI is InChI=1S/C58H36N6S/c1-4-17-37(18-5-1)43-26-12-13-28-46(43)56-60-53(40-20-6-2-7-21-40)59-55(62-56)42-33-31-39(32-34-42)48-36-52-49(45-27-14-15-30-51(45)65-52)35-50(48)58-63-54(41-22-8-3-9-23-41)61-57(64-58)47-29-16-24-38-19-10-11-25-44(38)47/h1-36H. The summed E-state index contributed by atoms with van der Waals surface area (Å²) in [7, 11) is 0. The minimum absolute atomic E-state index is 0.591. The van der Waals surface area contributed by atoms with Gasteiger partial charge in [-0.1, -0.05) is 200 Å². The Balaban J connectivity index is 1.04. The van der Waals surface area contributed by atoms with E-state index < -0.39 is 0 Å². The van der Waals surface area contributed by atoms with Crippen LogP contribution in [0, 0.1) is 0 Å². The molecule has 3 aromatic heterocycles. The third-order valence-corrected chi connectivity index (χ3v) is 13.0. The predicted molar refractivity (Wildman–Crippen MR) is 267 cm³/mol. The van der Waals surface area contributed by atoms with E-state index in [0.717, 1.165) is 71.8 Å². The Labute approximate surface area is 379 Å². The van der Waals surface area contributed by atoms with Crippen molar-refractivity contribution < 1.29 is 0 Å². The van der Waals surface area contributed by atoms with Crippen LogP contribution in [0.5, 0.6) is 0 Å². The molecule has 0 aliphatic carbocycles. The van der Waals surface area contributed by atoms with Gasteiger partial charge in [0.05, 0.1) is 0 Å². The minimum atomic E-state index is 0.591. The highest BCUT2D eigenvalue weighted by atomic mass is 32.1. The second-order valence-electron chi connectivity index (χ2n) is 15.9. The summed E-state index contributed by atoms with van der Waals surface area (Å²) in [5.41, 5.74) is 9.71. The Bertz CT molecular complexity index is 3700. The highest BCUT2D eigenvalue weighted by Gasteiger charge is 2.21. The molecule has 65 heavy (non-hydrogen) atoms. The zero-order valence-corrected chi connectivity index (χ0v) is 35.7. The van der Waals surface area contributed by atoms with Gasteiger partial charge in [-0.25, -0.2) is 29.9 Å². The van der Waals surface area contributed by atoms with E-state index in [2.05, 4.69) is 158 Å². The summed E-state index contributed by atoms with van der Waals surface area (Å²) in [6.45, 7) is 0. The van der Waals surface area contributed by atoms with E-state index >= 15 is 0 Å². The van der Waals surface area contributed by atoms with Crippen molar-refractivity contribution in [3.05, 3.63) is 218 Å². The summed E-state index contributed by atoms with van der Waals surface area (Å²) in [6.07, 6.45) is 0. The molecule has 0 spiro atoms. The van der Waals surface area contributed by atoms with Crippen LogP contribution in [0.2, 0.25) is 0 Å². The van der Waals surface area contributed by atoms with Crippen LogP contribution in [-0.2, 0) is 0 Å². The largest absolute Gasteiger partial charge is 0.208 e. The smallest absolute Gasteiger partial charge is 0.164 e. The number of aromatic nitrogens is 6. The molecule has 0 aliphatic heterocycles. The van der Waals surface area contributed by atoms with Gasteiger partial charge >= 0.3 is 0 Å². The summed E-state index contributed by atoms with van der Waals surface area (Å²) in [5.74, 6) is 3.65. The average molecular weight is 849 g/mol. The number of thiophene rings is 1. The molecule has 0 N–H and O–H groups in total. The van der Waals surface area contributed by atoms with Crippen LogP contribution in [-0.4, -0.2) is 29.9 Å². The second kappa shape index (κ2) is 16.3. The van der Waals surface area contributed by atoms with Crippen LogP contribution < -0.4 is 0 Å².